The summed E-state index contributed by atoms with van der Waals surface area (Å²) in [6, 6.07) is 15.9. The molecular formula is C29H40N4O2. The smallest absolute Gasteiger partial charge is 0.321 e. The third kappa shape index (κ3) is 7.31. The second-order valence-corrected chi connectivity index (χ2v) is 9.90. The van der Waals surface area contributed by atoms with Crippen molar-refractivity contribution in [2.75, 3.05) is 44.6 Å². The molecule has 2 fully saturated rings. The van der Waals surface area contributed by atoms with Crippen LogP contribution in [0.25, 0.3) is 0 Å². The lowest BCUT2D eigenvalue weighted by atomic mass is 9.89. The Bertz CT molecular complexity index is 967. The number of piperidine rings is 1. The Kier molecular flexibility index (Phi) is 9.18. The van der Waals surface area contributed by atoms with Gasteiger partial charge in [-0.2, -0.15) is 0 Å². The zero-order valence-electron chi connectivity index (χ0n) is 21.1. The predicted octanol–water partition coefficient (Wildman–Crippen LogP) is 5.27. The summed E-state index contributed by atoms with van der Waals surface area (Å²) in [5.74, 6) is 0.226. The van der Waals surface area contributed by atoms with Crippen molar-refractivity contribution in [2.24, 2.45) is 0 Å². The van der Waals surface area contributed by atoms with Gasteiger partial charge in [-0.05, 0) is 80.6 Å². The summed E-state index contributed by atoms with van der Waals surface area (Å²) in [6.45, 7) is 7.42. The van der Waals surface area contributed by atoms with Gasteiger partial charge in [-0.15, -0.1) is 0 Å². The number of amides is 3. The second-order valence-electron chi connectivity index (χ2n) is 9.90. The molecule has 0 spiro atoms. The summed E-state index contributed by atoms with van der Waals surface area (Å²) < 4.78 is 0. The van der Waals surface area contributed by atoms with Gasteiger partial charge in [-0.1, -0.05) is 44.0 Å². The zero-order chi connectivity index (χ0) is 24.5. The molecule has 1 atom stereocenters. The van der Waals surface area contributed by atoms with E-state index in [1.807, 2.05) is 35.2 Å². The van der Waals surface area contributed by atoms with E-state index in [1.165, 1.54) is 31.2 Å². The lowest BCUT2D eigenvalue weighted by molar-refractivity contribution is 0.0948. The first kappa shape index (κ1) is 25.2. The van der Waals surface area contributed by atoms with Gasteiger partial charge in [0.2, 0.25) is 0 Å². The number of nitrogens with one attached hydrogen (secondary N) is 2. The molecule has 188 valence electrons. The summed E-state index contributed by atoms with van der Waals surface area (Å²) in [7, 11) is 0. The van der Waals surface area contributed by atoms with Crippen LogP contribution in [0.4, 0.5) is 10.5 Å². The number of urea groups is 1. The highest BCUT2D eigenvalue weighted by Crippen LogP contribution is 2.28. The van der Waals surface area contributed by atoms with Crippen LogP contribution >= 0.6 is 0 Å². The fourth-order valence-electron chi connectivity index (χ4n) is 5.18. The number of hydrogen-bond donors (Lipinski definition) is 2. The molecule has 35 heavy (non-hydrogen) atoms. The number of carbonyl (C=O) groups is 2. The van der Waals surface area contributed by atoms with Crippen LogP contribution in [0.5, 0.6) is 0 Å². The molecule has 0 aromatic heterocycles. The predicted molar refractivity (Wildman–Crippen MR) is 142 cm³/mol. The molecule has 1 unspecified atom stereocenters. The molecule has 0 bridgehead atoms. The second kappa shape index (κ2) is 12.7. The third-order valence-corrected chi connectivity index (χ3v) is 7.35. The zero-order valence-corrected chi connectivity index (χ0v) is 21.1. The average molecular weight is 477 g/mol. The van der Waals surface area contributed by atoms with Crippen LogP contribution in [0.2, 0.25) is 0 Å². The largest absolute Gasteiger partial charge is 0.351 e. The number of likely N-dealkylation sites (tertiary alicyclic amines) is 2. The molecular weight excluding hydrogens is 436 g/mol. The molecule has 2 aromatic rings. The standard InChI is InChI=1S/C29H40N4O2/c1-2-23-12-14-27(15-13-23)31-29(35)33-19-8-11-26(22-33)24-9-7-10-25(21-24)28(34)30-16-20-32-17-5-3-4-6-18-32/h7,9-10,12-15,21,26H,2-6,8,11,16-20,22H2,1H3,(H,30,34)(H,31,35). The van der Waals surface area contributed by atoms with Crippen molar-refractivity contribution < 1.29 is 9.59 Å². The van der Waals surface area contributed by atoms with E-state index in [4.69, 9.17) is 0 Å². The van der Waals surface area contributed by atoms with Crippen molar-refractivity contribution in [3.8, 4) is 0 Å². The average Bonchev–Trinajstić information content (AvgIpc) is 3.18. The maximum Gasteiger partial charge on any atom is 0.321 e. The van der Waals surface area contributed by atoms with Crippen LogP contribution in [0, 0.1) is 0 Å². The molecule has 0 saturated carbocycles. The minimum Gasteiger partial charge on any atom is -0.351 e. The minimum absolute atomic E-state index is 0.0115. The van der Waals surface area contributed by atoms with Crippen LogP contribution in [-0.2, 0) is 6.42 Å². The molecule has 2 saturated heterocycles. The number of anilines is 1. The van der Waals surface area contributed by atoms with Gasteiger partial charge in [0.15, 0.2) is 0 Å². The lowest BCUT2D eigenvalue weighted by Gasteiger charge is -2.33. The topological polar surface area (TPSA) is 64.7 Å². The van der Waals surface area contributed by atoms with E-state index in [1.54, 1.807) is 0 Å². The van der Waals surface area contributed by atoms with E-state index in [9.17, 15) is 9.59 Å². The lowest BCUT2D eigenvalue weighted by Crippen LogP contribution is -2.41. The number of benzene rings is 2. The highest BCUT2D eigenvalue weighted by Gasteiger charge is 2.25. The number of rotatable bonds is 7. The minimum atomic E-state index is -0.0543. The summed E-state index contributed by atoms with van der Waals surface area (Å²) >= 11 is 0. The van der Waals surface area contributed by atoms with Gasteiger partial charge in [-0.3, -0.25) is 4.79 Å². The summed E-state index contributed by atoms with van der Waals surface area (Å²) in [5, 5.41) is 6.14. The Morgan fingerprint density at radius 3 is 2.46 bits per heavy atom. The molecule has 2 aliphatic rings. The SMILES string of the molecule is CCc1ccc(NC(=O)N2CCCC(c3cccc(C(=O)NCCN4CCCCCC4)c3)C2)cc1. The van der Waals surface area contributed by atoms with Gasteiger partial charge >= 0.3 is 6.03 Å². The maximum absolute atomic E-state index is 12.9. The van der Waals surface area contributed by atoms with Gasteiger partial charge < -0.3 is 20.4 Å². The van der Waals surface area contributed by atoms with Gasteiger partial charge in [0.05, 0.1) is 0 Å². The first-order chi connectivity index (χ1) is 17.1. The Morgan fingerprint density at radius 1 is 0.943 bits per heavy atom. The van der Waals surface area contributed by atoms with Crippen LogP contribution in [-0.4, -0.2) is 61.0 Å². The van der Waals surface area contributed by atoms with E-state index in [0.29, 0.717) is 18.7 Å². The van der Waals surface area contributed by atoms with Gasteiger partial charge in [0, 0.05) is 43.3 Å². The Balaban J connectivity index is 1.30. The molecule has 2 N–H and O–H groups in total. The Morgan fingerprint density at radius 2 is 1.71 bits per heavy atom. The Hall–Kier alpha value is -2.86. The quantitative estimate of drug-likeness (QED) is 0.572. The first-order valence-electron chi connectivity index (χ1n) is 13.4. The monoisotopic (exact) mass is 476 g/mol. The molecule has 6 heteroatoms. The Labute approximate surface area is 210 Å². The van der Waals surface area contributed by atoms with Crippen molar-refractivity contribution in [3.63, 3.8) is 0 Å². The first-order valence-corrected chi connectivity index (χ1v) is 13.4. The van der Waals surface area contributed by atoms with Crippen molar-refractivity contribution in [3.05, 3.63) is 65.2 Å². The van der Waals surface area contributed by atoms with Crippen molar-refractivity contribution >= 4 is 17.6 Å². The van der Waals surface area contributed by atoms with Crippen molar-refractivity contribution in [2.45, 2.75) is 57.8 Å². The van der Waals surface area contributed by atoms with Crippen LogP contribution in [0.15, 0.2) is 48.5 Å². The molecule has 4 rings (SSSR count). The van der Waals surface area contributed by atoms with Gasteiger partial charge in [-0.25, -0.2) is 4.79 Å². The summed E-state index contributed by atoms with van der Waals surface area (Å²) in [6.07, 6.45) is 8.13. The molecule has 2 aromatic carbocycles. The molecule has 2 heterocycles. The molecule has 0 aliphatic carbocycles. The number of hydrogen-bond acceptors (Lipinski definition) is 3. The molecule has 2 aliphatic heterocycles. The van der Waals surface area contributed by atoms with Crippen LogP contribution in [0.1, 0.15) is 72.9 Å². The molecule has 3 amide bonds. The van der Waals surface area contributed by atoms with E-state index in [-0.39, 0.29) is 17.9 Å². The number of aryl methyl sites for hydroxylation is 1. The highest BCUT2D eigenvalue weighted by atomic mass is 16.2. The van der Waals surface area contributed by atoms with E-state index >= 15 is 0 Å². The number of nitrogens with zero attached hydrogens (tertiary/aromatic N) is 2. The summed E-state index contributed by atoms with van der Waals surface area (Å²) in [5.41, 5.74) is 3.92. The fourth-order valence-corrected chi connectivity index (χ4v) is 5.18. The third-order valence-electron chi connectivity index (χ3n) is 7.35. The molecule has 0 radical (unpaired) electrons. The summed E-state index contributed by atoms with van der Waals surface area (Å²) in [4.78, 5) is 30.1. The van der Waals surface area contributed by atoms with Gasteiger partial charge in [0.1, 0.15) is 0 Å². The molecule has 6 nitrogen and oxygen atoms in total. The van der Waals surface area contributed by atoms with Crippen LogP contribution in [0.3, 0.4) is 0 Å². The normalized spacial score (nSPS) is 19.1. The number of carbonyl (C=O) groups excluding carboxylic acids is 2. The van der Waals surface area contributed by atoms with E-state index < -0.39 is 0 Å². The highest BCUT2D eigenvalue weighted by molar-refractivity contribution is 5.94. The fraction of sp³-hybridized carbons (Fsp3) is 0.517. The van der Waals surface area contributed by atoms with E-state index in [2.05, 4.69) is 40.7 Å². The maximum atomic E-state index is 12.9. The van der Waals surface area contributed by atoms with E-state index in [0.717, 1.165) is 56.7 Å². The van der Waals surface area contributed by atoms with Gasteiger partial charge in [0.25, 0.3) is 5.91 Å². The van der Waals surface area contributed by atoms with Crippen molar-refractivity contribution in [1.82, 2.24) is 15.1 Å². The van der Waals surface area contributed by atoms with Crippen molar-refractivity contribution in [1.29, 1.82) is 0 Å². The van der Waals surface area contributed by atoms with Crippen LogP contribution < -0.4 is 10.6 Å².